The highest BCUT2D eigenvalue weighted by Crippen LogP contribution is 2.41. The normalized spacial score (nSPS) is 11.3. The minimum Gasteiger partial charge on any atom is -0.208 e. The van der Waals surface area contributed by atoms with E-state index in [0.717, 1.165) is 76.5 Å². The summed E-state index contributed by atoms with van der Waals surface area (Å²) in [5.41, 5.74) is 20.1. The Bertz CT molecular complexity index is 6620. The van der Waals surface area contributed by atoms with Crippen LogP contribution in [0.5, 0.6) is 0 Å². The van der Waals surface area contributed by atoms with Crippen LogP contribution in [0.2, 0.25) is 0 Å². The van der Waals surface area contributed by atoms with Crippen molar-refractivity contribution < 1.29 is 0 Å². The number of hydrogen-bond donors (Lipinski definition) is 0. The lowest BCUT2D eigenvalue weighted by atomic mass is 9.89. The summed E-state index contributed by atoms with van der Waals surface area (Å²) in [5, 5.41) is 13.9. The fraction of sp³-hybridized carbons (Fsp3) is 0. The molecule has 6 heteroatoms. The van der Waals surface area contributed by atoms with Crippen molar-refractivity contribution >= 4 is 64.6 Å². The second kappa shape index (κ2) is 28.3. The van der Waals surface area contributed by atoms with E-state index in [-0.39, 0.29) is 0 Å². The maximum absolute atomic E-state index is 5.10. The maximum atomic E-state index is 5.10. The van der Waals surface area contributed by atoms with Gasteiger partial charge in [-0.05, 0) is 186 Å². The van der Waals surface area contributed by atoms with Crippen molar-refractivity contribution in [3.63, 3.8) is 0 Å². The molecule has 0 radical (unpaired) electrons. The number of benzene rings is 18. The van der Waals surface area contributed by atoms with Gasteiger partial charge in [0.15, 0.2) is 34.9 Å². The van der Waals surface area contributed by atoms with Crippen LogP contribution in [0.4, 0.5) is 0 Å². The molecule has 18 aromatic carbocycles. The average molecular weight is 1380 g/mol. The van der Waals surface area contributed by atoms with E-state index in [2.05, 4.69) is 400 Å². The van der Waals surface area contributed by atoms with Crippen molar-refractivity contribution in [2.24, 2.45) is 0 Å². The molecule has 0 aliphatic carbocycles. The van der Waals surface area contributed by atoms with Gasteiger partial charge in [-0.25, -0.2) is 29.9 Å². The van der Waals surface area contributed by atoms with Gasteiger partial charge in [-0.3, -0.25) is 0 Å². The standard InChI is InChI=1S/2C51H33N3/c1-2-14-36(15-3-1)45-18-8-10-20-47(45)48-21-11-9-19-46(48)41-26-24-40-33-44(29-25-39(40)30-41)51-53-49(42-27-22-34-12-4-6-16-37(34)31-42)52-50(54-51)43-28-23-35-13-5-7-17-38(35)32-43;1-2-9-34(10-3-1)37-17-19-38(20-18-37)41-15-8-16-42(29-41)43-23-24-45-33-48(28-25-44(45)30-43)51-53-49(46-26-21-35-11-4-6-13-39(35)31-46)52-50(54-51)47-27-22-36-12-5-7-14-40(36)32-47/h2*1-33H. The van der Waals surface area contributed by atoms with Crippen molar-refractivity contribution in [3.8, 4) is 135 Å². The summed E-state index contributed by atoms with van der Waals surface area (Å²) >= 11 is 0. The zero-order chi connectivity index (χ0) is 71.7. The highest BCUT2D eigenvalue weighted by Gasteiger charge is 2.19. The molecule has 0 saturated carbocycles. The van der Waals surface area contributed by atoms with Crippen LogP contribution in [-0.2, 0) is 0 Å². The van der Waals surface area contributed by atoms with E-state index < -0.39 is 0 Å². The Balaban J connectivity index is 0.000000147. The first-order valence-corrected chi connectivity index (χ1v) is 36.5. The molecule has 2 heterocycles. The van der Waals surface area contributed by atoms with Crippen molar-refractivity contribution in [1.29, 1.82) is 0 Å². The molecule has 2 aromatic heterocycles. The highest BCUT2D eigenvalue weighted by molar-refractivity contribution is 5.98. The van der Waals surface area contributed by atoms with E-state index in [4.69, 9.17) is 29.9 Å². The smallest absolute Gasteiger partial charge is 0.164 e. The molecule has 0 saturated heterocycles. The second-order valence-corrected chi connectivity index (χ2v) is 27.4. The van der Waals surface area contributed by atoms with Crippen LogP contribution < -0.4 is 0 Å². The molecule has 0 fully saturated rings. The molecular formula is C102H66N6. The lowest BCUT2D eigenvalue weighted by Crippen LogP contribution is -2.00. The SMILES string of the molecule is c1ccc(-c2ccc(-c3cccc(-c4ccc5cc(-c6nc(-c7ccc8ccccc8c7)nc(-c7ccc8ccccc8c7)n6)ccc5c4)c3)cc2)cc1.c1ccc(-c2ccccc2-c2ccccc2-c2ccc3cc(-c4nc(-c5ccc6ccccc6c5)nc(-c5ccc6ccccc6c5)n4)ccc3c2)cc1. The molecular weight excluding hydrogens is 1310 g/mol. The third kappa shape index (κ3) is 13.1. The summed E-state index contributed by atoms with van der Waals surface area (Å²) < 4.78 is 0. The van der Waals surface area contributed by atoms with Gasteiger partial charge in [0.2, 0.25) is 0 Å². The zero-order valence-electron chi connectivity index (χ0n) is 58.8. The van der Waals surface area contributed by atoms with E-state index >= 15 is 0 Å². The quantitative estimate of drug-likeness (QED) is 0.121. The third-order valence-electron chi connectivity index (χ3n) is 20.6. The van der Waals surface area contributed by atoms with Crippen LogP contribution in [0.25, 0.3) is 200 Å². The molecule has 6 nitrogen and oxygen atoms in total. The van der Waals surface area contributed by atoms with E-state index in [1.165, 1.54) is 88.3 Å². The summed E-state index contributed by atoms with van der Waals surface area (Å²) in [4.78, 5) is 30.5. The van der Waals surface area contributed by atoms with Crippen LogP contribution in [0.15, 0.2) is 400 Å². The number of aromatic nitrogens is 6. The van der Waals surface area contributed by atoms with Crippen LogP contribution >= 0.6 is 0 Å². The van der Waals surface area contributed by atoms with Gasteiger partial charge in [0, 0.05) is 33.4 Å². The Morgan fingerprint density at radius 1 is 0.102 bits per heavy atom. The summed E-state index contributed by atoms with van der Waals surface area (Å²) in [6.45, 7) is 0. The van der Waals surface area contributed by atoms with Gasteiger partial charge < -0.3 is 0 Å². The molecule has 0 N–H and O–H groups in total. The largest absolute Gasteiger partial charge is 0.208 e. The molecule has 0 spiro atoms. The first-order chi connectivity index (χ1) is 53.4. The predicted octanol–water partition coefficient (Wildman–Crippen LogP) is 26.7. The summed E-state index contributed by atoms with van der Waals surface area (Å²) in [5.74, 6) is 3.89. The van der Waals surface area contributed by atoms with Crippen molar-refractivity contribution in [1.82, 2.24) is 29.9 Å². The number of fused-ring (bicyclic) bond motifs is 6. The van der Waals surface area contributed by atoms with E-state index in [1.807, 2.05) is 0 Å². The van der Waals surface area contributed by atoms with E-state index in [1.54, 1.807) is 0 Å². The topological polar surface area (TPSA) is 77.3 Å². The van der Waals surface area contributed by atoms with Gasteiger partial charge in [-0.1, -0.05) is 346 Å². The van der Waals surface area contributed by atoms with Crippen molar-refractivity contribution in [2.45, 2.75) is 0 Å². The van der Waals surface area contributed by atoms with Gasteiger partial charge >= 0.3 is 0 Å². The second-order valence-electron chi connectivity index (χ2n) is 27.4. The van der Waals surface area contributed by atoms with Crippen LogP contribution in [0, 0.1) is 0 Å². The molecule has 20 rings (SSSR count). The first kappa shape index (κ1) is 64.4. The Hall–Kier alpha value is -14.5. The van der Waals surface area contributed by atoms with Gasteiger partial charge in [0.05, 0.1) is 0 Å². The minimum absolute atomic E-state index is 0.644. The van der Waals surface area contributed by atoms with Crippen LogP contribution in [0.3, 0.4) is 0 Å². The van der Waals surface area contributed by atoms with Crippen LogP contribution in [-0.4, -0.2) is 29.9 Å². The molecule has 20 aromatic rings. The molecule has 0 aliphatic heterocycles. The Kier molecular flexibility index (Phi) is 16.9. The molecule has 0 aliphatic rings. The number of nitrogens with zero attached hydrogens (tertiary/aromatic N) is 6. The van der Waals surface area contributed by atoms with E-state index in [9.17, 15) is 0 Å². The molecule has 0 amide bonds. The summed E-state index contributed by atoms with van der Waals surface area (Å²) in [6, 6.07) is 142. The minimum atomic E-state index is 0.644. The number of hydrogen-bond acceptors (Lipinski definition) is 6. The van der Waals surface area contributed by atoms with E-state index in [0.29, 0.717) is 34.9 Å². The molecule has 504 valence electrons. The summed E-state index contributed by atoms with van der Waals surface area (Å²) in [6.07, 6.45) is 0. The average Bonchev–Trinajstić information content (AvgIpc) is 0.781. The lowest BCUT2D eigenvalue weighted by molar-refractivity contribution is 1.08. The predicted molar refractivity (Wildman–Crippen MR) is 450 cm³/mol. The molecule has 0 bridgehead atoms. The Morgan fingerprint density at radius 2 is 0.296 bits per heavy atom. The van der Waals surface area contributed by atoms with Gasteiger partial charge in [-0.15, -0.1) is 0 Å². The van der Waals surface area contributed by atoms with Gasteiger partial charge in [-0.2, -0.15) is 0 Å². The number of rotatable bonds is 12. The molecule has 0 unspecified atom stereocenters. The zero-order valence-corrected chi connectivity index (χ0v) is 58.8. The van der Waals surface area contributed by atoms with Crippen LogP contribution in [0.1, 0.15) is 0 Å². The molecule has 108 heavy (non-hydrogen) atoms. The Labute approximate surface area is 626 Å². The third-order valence-corrected chi connectivity index (χ3v) is 20.6. The van der Waals surface area contributed by atoms with Crippen molar-refractivity contribution in [3.05, 3.63) is 400 Å². The van der Waals surface area contributed by atoms with Gasteiger partial charge in [0.25, 0.3) is 0 Å². The molecule has 0 atom stereocenters. The van der Waals surface area contributed by atoms with Gasteiger partial charge in [0.1, 0.15) is 0 Å². The fourth-order valence-electron chi connectivity index (χ4n) is 14.9. The Morgan fingerprint density at radius 3 is 0.657 bits per heavy atom. The maximum Gasteiger partial charge on any atom is 0.164 e. The summed E-state index contributed by atoms with van der Waals surface area (Å²) in [7, 11) is 0. The van der Waals surface area contributed by atoms with Crippen molar-refractivity contribution in [2.75, 3.05) is 0 Å². The monoisotopic (exact) mass is 1370 g/mol. The lowest BCUT2D eigenvalue weighted by Gasteiger charge is -2.15. The highest BCUT2D eigenvalue weighted by atomic mass is 15.0. The fourth-order valence-corrected chi connectivity index (χ4v) is 14.9. The first-order valence-electron chi connectivity index (χ1n) is 36.5.